The molecular formula is C10H14ClFN2O2. The van der Waals surface area contributed by atoms with E-state index >= 15 is 0 Å². The molecule has 0 amide bonds. The van der Waals surface area contributed by atoms with E-state index in [2.05, 4.69) is 5.32 Å². The molecule has 1 aromatic carbocycles. The Morgan fingerprint density at radius 1 is 1.44 bits per heavy atom. The molecule has 0 saturated heterocycles. The Hall–Kier alpha value is -1.04. The minimum absolute atomic E-state index is 0.000388. The highest BCUT2D eigenvalue weighted by Gasteiger charge is 2.05. The first-order chi connectivity index (χ1) is 7.65. The smallest absolute Gasteiger partial charge is 0.143 e. The molecule has 4 nitrogen and oxygen atoms in total. The van der Waals surface area contributed by atoms with Gasteiger partial charge in [-0.25, -0.2) is 4.39 Å². The zero-order valence-corrected chi connectivity index (χ0v) is 9.43. The zero-order valence-electron chi connectivity index (χ0n) is 8.67. The maximum atomic E-state index is 13.1. The SMILES string of the molecule is Nc1cc(Cl)c(F)cc1NCCOCCO. The van der Waals surface area contributed by atoms with Gasteiger partial charge in [-0.1, -0.05) is 11.6 Å². The lowest BCUT2D eigenvalue weighted by atomic mass is 10.2. The molecule has 0 aromatic heterocycles. The predicted octanol–water partition coefficient (Wildman–Crippen LogP) is 1.48. The van der Waals surface area contributed by atoms with Crippen molar-refractivity contribution in [1.29, 1.82) is 0 Å². The molecule has 0 unspecified atom stereocenters. The standard InChI is InChI=1S/C10H14ClFN2O2/c11-7-5-9(13)10(6-8(7)12)14-1-3-16-4-2-15/h5-6,14-15H,1-4,13H2. The molecule has 0 aliphatic carbocycles. The number of hydrogen-bond acceptors (Lipinski definition) is 4. The Kier molecular flexibility index (Phi) is 5.31. The topological polar surface area (TPSA) is 67.5 Å². The summed E-state index contributed by atoms with van der Waals surface area (Å²) in [6, 6.07) is 2.59. The zero-order chi connectivity index (χ0) is 12.0. The van der Waals surface area contributed by atoms with Crippen molar-refractivity contribution in [3.8, 4) is 0 Å². The molecule has 90 valence electrons. The Morgan fingerprint density at radius 2 is 2.19 bits per heavy atom. The number of nitrogens with two attached hydrogens (primary N) is 1. The van der Waals surface area contributed by atoms with Crippen LogP contribution in [0, 0.1) is 5.82 Å². The number of nitrogen functional groups attached to an aromatic ring is 1. The summed E-state index contributed by atoms with van der Waals surface area (Å²) < 4.78 is 18.1. The average molecular weight is 249 g/mol. The molecule has 0 aliphatic heterocycles. The summed E-state index contributed by atoms with van der Waals surface area (Å²) in [4.78, 5) is 0. The average Bonchev–Trinajstić information content (AvgIpc) is 2.25. The number of halogens is 2. The minimum Gasteiger partial charge on any atom is -0.397 e. The van der Waals surface area contributed by atoms with Gasteiger partial charge in [0, 0.05) is 12.6 Å². The highest BCUT2D eigenvalue weighted by atomic mass is 35.5. The highest BCUT2D eigenvalue weighted by Crippen LogP contribution is 2.25. The van der Waals surface area contributed by atoms with E-state index in [0.717, 1.165) is 0 Å². The molecule has 1 rings (SSSR count). The predicted molar refractivity (Wildman–Crippen MR) is 62.2 cm³/mol. The van der Waals surface area contributed by atoms with Crippen LogP contribution in [0.4, 0.5) is 15.8 Å². The van der Waals surface area contributed by atoms with E-state index in [9.17, 15) is 4.39 Å². The van der Waals surface area contributed by atoms with Gasteiger partial charge >= 0.3 is 0 Å². The van der Waals surface area contributed by atoms with Gasteiger partial charge in [0.05, 0.1) is 36.2 Å². The molecule has 0 radical (unpaired) electrons. The van der Waals surface area contributed by atoms with E-state index in [1.54, 1.807) is 0 Å². The van der Waals surface area contributed by atoms with E-state index in [-0.39, 0.29) is 18.2 Å². The molecule has 0 atom stereocenters. The first-order valence-electron chi connectivity index (χ1n) is 4.82. The van der Waals surface area contributed by atoms with Gasteiger partial charge in [0.25, 0.3) is 0 Å². The van der Waals surface area contributed by atoms with Crippen molar-refractivity contribution in [2.45, 2.75) is 0 Å². The molecule has 0 bridgehead atoms. The number of rotatable bonds is 6. The van der Waals surface area contributed by atoms with Gasteiger partial charge in [-0.15, -0.1) is 0 Å². The molecule has 0 saturated carbocycles. The van der Waals surface area contributed by atoms with Crippen LogP contribution in [-0.4, -0.2) is 31.5 Å². The maximum absolute atomic E-state index is 13.1. The highest BCUT2D eigenvalue weighted by molar-refractivity contribution is 6.31. The van der Waals surface area contributed by atoms with Crippen LogP contribution in [0.5, 0.6) is 0 Å². The molecule has 6 heteroatoms. The number of nitrogens with one attached hydrogen (secondary N) is 1. The summed E-state index contributed by atoms with van der Waals surface area (Å²) in [6.45, 7) is 1.15. The van der Waals surface area contributed by atoms with Crippen LogP contribution in [0.2, 0.25) is 5.02 Å². The molecule has 0 spiro atoms. The number of hydrogen-bond donors (Lipinski definition) is 3. The quantitative estimate of drug-likeness (QED) is 0.527. The lowest BCUT2D eigenvalue weighted by Gasteiger charge is -2.10. The van der Waals surface area contributed by atoms with Gasteiger partial charge in [-0.2, -0.15) is 0 Å². The normalized spacial score (nSPS) is 10.4. The molecule has 16 heavy (non-hydrogen) atoms. The molecule has 4 N–H and O–H groups in total. The second kappa shape index (κ2) is 6.52. The summed E-state index contributed by atoms with van der Waals surface area (Å²) in [6.07, 6.45) is 0. The molecule has 0 heterocycles. The van der Waals surface area contributed by atoms with E-state index in [4.69, 9.17) is 27.2 Å². The first-order valence-corrected chi connectivity index (χ1v) is 5.20. The number of anilines is 2. The summed E-state index contributed by atoms with van der Waals surface area (Å²) in [7, 11) is 0. The van der Waals surface area contributed by atoms with Crippen molar-refractivity contribution in [3.63, 3.8) is 0 Å². The number of ether oxygens (including phenoxy) is 1. The van der Waals surface area contributed by atoms with Gasteiger partial charge in [-0.05, 0) is 6.07 Å². The molecule has 1 aromatic rings. The molecular weight excluding hydrogens is 235 g/mol. The van der Waals surface area contributed by atoms with E-state index in [0.29, 0.717) is 24.5 Å². The third-order valence-corrected chi connectivity index (χ3v) is 2.18. The fraction of sp³-hybridized carbons (Fsp3) is 0.400. The lowest BCUT2D eigenvalue weighted by Crippen LogP contribution is -2.12. The Balaban J connectivity index is 2.45. The number of aliphatic hydroxyl groups is 1. The van der Waals surface area contributed by atoms with Crippen molar-refractivity contribution in [1.82, 2.24) is 0 Å². The van der Waals surface area contributed by atoms with Crippen LogP contribution in [0.1, 0.15) is 0 Å². The van der Waals surface area contributed by atoms with Crippen LogP contribution in [0.3, 0.4) is 0 Å². The van der Waals surface area contributed by atoms with Gasteiger partial charge in [0.1, 0.15) is 5.82 Å². The van der Waals surface area contributed by atoms with Crippen LogP contribution < -0.4 is 11.1 Å². The van der Waals surface area contributed by atoms with E-state index < -0.39 is 5.82 Å². The van der Waals surface area contributed by atoms with Crippen molar-refractivity contribution in [2.24, 2.45) is 0 Å². The second-order valence-electron chi connectivity index (χ2n) is 3.12. The summed E-state index contributed by atoms with van der Waals surface area (Å²) in [5.41, 5.74) is 6.50. The molecule has 0 fully saturated rings. The van der Waals surface area contributed by atoms with Crippen molar-refractivity contribution >= 4 is 23.0 Å². The summed E-state index contributed by atoms with van der Waals surface area (Å²) in [5.74, 6) is -0.519. The minimum atomic E-state index is -0.519. The number of benzene rings is 1. The number of aliphatic hydroxyl groups excluding tert-OH is 1. The Bertz CT molecular complexity index is 350. The summed E-state index contributed by atoms with van der Waals surface area (Å²) >= 11 is 5.55. The van der Waals surface area contributed by atoms with Crippen LogP contribution >= 0.6 is 11.6 Å². The van der Waals surface area contributed by atoms with Crippen molar-refractivity contribution in [3.05, 3.63) is 23.0 Å². The van der Waals surface area contributed by atoms with Gasteiger partial charge in [0.15, 0.2) is 0 Å². The monoisotopic (exact) mass is 248 g/mol. The lowest BCUT2D eigenvalue weighted by molar-refractivity contribution is 0.0992. The van der Waals surface area contributed by atoms with Crippen molar-refractivity contribution in [2.75, 3.05) is 37.4 Å². The van der Waals surface area contributed by atoms with Crippen molar-refractivity contribution < 1.29 is 14.2 Å². The fourth-order valence-electron chi connectivity index (χ4n) is 1.14. The first kappa shape index (κ1) is 13.0. The largest absolute Gasteiger partial charge is 0.397 e. The van der Waals surface area contributed by atoms with Gasteiger partial charge < -0.3 is 20.9 Å². The van der Waals surface area contributed by atoms with Gasteiger partial charge in [-0.3, -0.25) is 0 Å². The second-order valence-corrected chi connectivity index (χ2v) is 3.52. The fourth-order valence-corrected chi connectivity index (χ4v) is 1.31. The van der Waals surface area contributed by atoms with Crippen LogP contribution in [-0.2, 0) is 4.74 Å². The van der Waals surface area contributed by atoms with Gasteiger partial charge in [0.2, 0.25) is 0 Å². The van der Waals surface area contributed by atoms with Crippen LogP contribution in [0.25, 0.3) is 0 Å². The maximum Gasteiger partial charge on any atom is 0.143 e. The van der Waals surface area contributed by atoms with E-state index in [1.165, 1.54) is 12.1 Å². The molecule has 0 aliphatic rings. The Labute approximate surface area is 98.2 Å². The third kappa shape index (κ3) is 3.84. The van der Waals surface area contributed by atoms with Crippen LogP contribution in [0.15, 0.2) is 12.1 Å². The van der Waals surface area contributed by atoms with E-state index in [1.807, 2.05) is 0 Å². The Morgan fingerprint density at radius 3 is 2.88 bits per heavy atom. The third-order valence-electron chi connectivity index (χ3n) is 1.89. The summed E-state index contributed by atoms with van der Waals surface area (Å²) in [5, 5.41) is 11.4.